The second kappa shape index (κ2) is 9.86. The van der Waals surface area contributed by atoms with Crippen LogP contribution in [-0.4, -0.2) is 35.2 Å². The number of aryl methyl sites for hydroxylation is 2. The van der Waals surface area contributed by atoms with Gasteiger partial charge in [-0.15, -0.1) is 0 Å². The molecule has 0 amide bonds. The number of hydrogen-bond acceptors (Lipinski definition) is 6. The van der Waals surface area contributed by atoms with Crippen LogP contribution < -0.4 is 15.4 Å². The Labute approximate surface area is 216 Å². The molecule has 0 N–H and O–H groups in total. The minimum atomic E-state index is -0.366. The van der Waals surface area contributed by atoms with Crippen molar-refractivity contribution in [1.82, 2.24) is 9.55 Å². The van der Waals surface area contributed by atoms with Crippen LogP contribution in [0.15, 0.2) is 35.1 Å². The fourth-order valence-electron chi connectivity index (χ4n) is 5.75. The van der Waals surface area contributed by atoms with Crippen molar-refractivity contribution in [2.45, 2.75) is 57.5 Å². The van der Waals surface area contributed by atoms with Gasteiger partial charge in [-0.05, 0) is 81.2 Å². The molecule has 0 saturated heterocycles. The average Bonchev–Trinajstić information content (AvgIpc) is 3.74. The van der Waals surface area contributed by atoms with E-state index in [1.54, 1.807) is 25.2 Å². The van der Waals surface area contributed by atoms with Gasteiger partial charge in [0.25, 0.3) is 5.56 Å². The summed E-state index contributed by atoms with van der Waals surface area (Å²) in [6, 6.07) is 12.9. The molecule has 7 nitrogen and oxygen atoms in total. The molecule has 3 aromatic rings. The van der Waals surface area contributed by atoms with E-state index in [0.717, 1.165) is 43.5 Å². The minimum Gasteiger partial charge on any atom is -0.369 e. The molecule has 0 aliphatic heterocycles. The van der Waals surface area contributed by atoms with E-state index in [1.165, 1.54) is 23.5 Å². The number of rotatable bonds is 6. The molecule has 0 spiro atoms. The van der Waals surface area contributed by atoms with Crippen molar-refractivity contribution < 1.29 is 4.39 Å². The first-order valence-corrected chi connectivity index (χ1v) is 12.9. The fourth-order valence-corrected chi connectivity index (χ4v) is 5.75. The molecular weight excluding hydrogens is 467 g/mol. The monoisotopic (exact) mass is 498 g/mol. The molecule has 8 heteroatoms. The lowest BCUT2D eigenvalue weighted by atomic mass is 9.88. The van der Waals surface area contributed by atoms with E-state index in [2.05, 4.69) is 22.0 Å². The Bertz CT molecular complexity index is 1490. The second-order valence-corrected chi connectivity index (χ2v) is 10.5. The van der Waals surface area contributed by atoms with Gasteiger partial charge in [0.05, 0.1) is 11.2 Å². The topological polar surface area (TPSA) is 89.0 Å². The van der Waals surface area contributed by atoms with Gasteiger partial charge in [0.1, 0.15) is 34.7 Å². The van der Waals surface area contributed by atoms with E-state index in [1.807, 2.05) is 24.9 Å². The Kier molecular flexibility index (Phi) is 6.60. The van der Waals surface area contributed by atoms with Crippen molar-refractivity contribution >= 4 is 22.4 Å². The highest BCUT2D eigenvalue weighted by molar-refractivity contribution is 5.92. The third-order valence-corrected chi connectivity index (χ3v) is 8.08. The maximum absolute atomic E-state index is 14.2. The van der Waals surface area contributed by atoms with Crippen molar-refractivity contribution in [2.75, 3.05) is 23.4 Å². The summed E-state index contributed by atoms with van der Waals surface area (Å²) >= 11 is 0. The lowest BCUT2D eigenvalue weighted by molar-refractivity contribution is 0.364. The standard InChI is InChI=1S/C29H31FN6O/c1-18-4-7-20(30)14-26(18)36(17-19-5-6-19)23-11-9-22(10-12-23)34(2)28-24(16-32)29(37)35(3)25-13-8-21(15-31)33-27(25)28/h4,7-8,13-14,19,22-23H,5-6,9-12,17H2,1-3H3. The second-order valence-electron chi connectivity index (χ2n) is 10.5. The number of pyridine rings is 2. The van der Waals surface area contributed by atoms with E-state index >= 15 is 0 Å². The van der Waals surface area contributed by atoms with Gasteiger partial charge in [-0.2, -0.15) is 10.5 Å². The number of anilines is 2. The molecule has 2 aliphatic rings. The summed E-state index contributed by atoms with van der Waals surface area (Å²) in [6.07, 6.45) is 6.06. The Balaban J connectivity index is 1.44. The Hall–Kier alpha value is -3.91. The molecule has 0 bridgehead atoms. The molecule has 0 radical (unpaired) electrons. The Morgan fingerprint density at radius 2 is 1.76 bits per heavy atom. The first-order valence-electron chi connectivity index (χ1n) is 12.9. The molecule has 0 unspecified atom stereocenters. The van der Waals surface area contributed by atoms with Gasteiger partial charge in [0.2, 0.25) is 0 Å². The van der Waals surface area contributed by atoms with E-state index < -0.39 is 0 Å². The molecule has 2 aliphatic carbocycles. The number of nitrogens with zero attached hydrogens (tertiary/aromatic N) is 6. The van der Waals surface area contributed by atoms with Crippen molar-refractivity contribution in [2.24, 2.45) is 13.0 Å². The number of benzene rings is 1. The van der Waals surface area contributed by atoms with Crippen LogP contribution in [0.25, 0.3) is 11.0 Å². The zero-order valence-electron chi connectivity index (χ0n) is 21.5. The zero-order chi connectivity index (χ0) is 26.3. The predicted molar refractivity (Wildman–Crippen MR) is 142 cm³/mol. The number of halogens is 1. The highest BCUT2D eigenvalue weighted by Gasteiger charge is 2.34. The molecule has 37 heavy (non-hydrogen) atoms. The fraction of sp³-hybridized carbons (Fsp3) is 0.448. The van der Waals surface area contributed by atoms with Crippen molar-refractivity contribution in [3.05, 3.63) is 63.3 Å². The molecule has 2 aromatic heterocycles. The van der Waals surface area contributed by atoms with E-state index in [4.69, 9.17) is 0 Å². The summed E-state index contributed by atoms with van der Waals surface area (Å²) in [5, 5.41) is 19.3. The van der Waals surface area contributed by atoms with Crippen LogP contribution in [-0.2, 0) is 7.05 Å². The molecule has 1 aromatic carbocycles. The smallest absolute Gasteiger partial charge is 0.270 e. The Morgan fingerprint density at radius 1 is 1.05 bits per heavy atom. The lowest BCUT2D eigenvalue weighted by Crippen LogP contribution is -2.45. The van der Waals surface area contributed by atoms with Gasteiger partial charge in [-0.3, -0.25) is 4.79 Å². The summed E-state index contributed by atoms with van der Waals surface area (Å²) in [4.78, 5) is 22.0. The third kappa shape index (κ3) is 4.64. The normalized spacial score (nSPS) is 19.3. The predicted octanol–water partition coefficient (Wildman–Crippen LogP) is 4.79. The largest absolute Gasteiger partial charge is 0.369 e. The first kappa shape index (κ1) is 24.8. The summed E-state index contributed by atoms with van der Waals surface area (Å²) in [5.74, 6) is 0.467. The lowest BCUT2D eigenvalue weighted by Gasteiger charge is -2.42. The van der Waals surface area contributed by atoms with Crippen LogP contribution in [0.4, 0.5) is 15.8 Å². The Morgan fingerprint density at radius 3 is 2.41 bits per heavy atom. The summed E-state index contributed by atoms with van der Waals surface area (Å²) in [5.41, 5.74) is 3.59. The van der Waals surface area contributed by atoms with Crippen LogP contribution in [0, 0.1) is 41.3 Å². The maximum atomic E-state index is 14.2. The van der Waals surface area contributed by atoms with Crippen LogP contribution in [0.5, 0.6) is 0 Å². The number of fused-ring (bicyclic) bond motifs is 1. The molecule has 2 saturated carbocycles. The zero-order valence-corrected chi connectivity index (χ0v) is 21.5. The van der Waals surface area contributed by atoms with Crippen molar-refractivity contribution in [3.8, 4) is 12.1 Å². The van der Waals surface area contributed by atoms with Gasteiger partial charge < -0.3 is 14.4 Å². The highest BCUT2D eigenvalue weighted by Crippen LogP contribution is 2.38. The van der Waals surface area contributed by atoms with Crippen LogP contribution in [0.1, 0.15) is 55.3 Å². The molecular formula is C29H31FN6O. The molecule has 5 rings (SSSR count). The van der Waals surface area contributed by atoms with Crippen molar-refractivity contribution in [3.63, 3.8) is 0 Å². The van der Waals surface area contributed by atoms with Crippen LogP contribution in [0.2, 0.25) is 0 Å². The summed E-state index contributed by atoms with van der Waals surface area (Å²) < 4.78 is 15.6. The summed E-state index contributed by atoms with van der Waals surface area (Å²) in [7, 11) is 3.54. The first-order chi connectivity index (χ1) is 17.8. The van der Waals surface area contributed by atoms with Crippen molar-refractivity contribution in [1.29, 1.82) is 10.5 Å². The minimum absolute atomic E-state index is 0.0490. The molecule has 2 fully saturated rings. The van der Waals surface area contributed by atoms with E-state index in [9.17, 15) is 19.7 Å². The number of nitriles is 2. The van der Waals surface area contributed by atoms with Gasteiger partial charge in [-0.25, -0.2) is 9.37 Å². The van der Waals surface area contributed by atoms with Gasteiger partial charge in [0, 0.05) is 38.4 Å². The highest BCUT2D eigenvalue weighted by atomic mass is 19.1. The van der Waals surface area contributed by atoms with Gasteiger partial charge in [0.15, 0.2) is 0 Å². The SMILES string of the molecule is Cc1ccc(F)cc1N(CC1CC1)C1CCC(N(C)c2c(C#N)c(=O)n(C)c3ccc(C#N)nc23)CC1. The molecule has 0 atom stereocenters. The quantitative estimate of drug-likeness (QED) is 0.486. The van der Waals surface area contributed by atoms with E-state index in [-0.39, 0.29) is 28.7 Å². The number of aromatic nitrogens is 2. The molecule has 2 heterocycles. The van der Waals surface area contributed by atoms with Gasteiger partial charge in [-0.1, -0.05) is 6.07 Å². The molecule has 190 valence electrons. The maximum Gasteiger partial charge on any atom is 0.270 e. The van der Waals surface area contributed by atoms with E-state index in [0.29, 0.717) is 28.7 Å². The van der Waals surface area contributed by atoms with Crippen LogP contribution >= 0.6 is 0 Å². The van der Waals surface area contributed by atoms with Crippen LogP contribution in [0.3, 0.4) is 0 Å². The number of hydrogen-bond donors (Lipinski definition) is 0. The van der Waals surface area contributed by atoms with Gasteiger partial charge >= 0.3 is 0 Å². The summed E-state index contributed by atoms with van der Waals surface area (Å²) in [6.45, 7) is 3.00. The average molecular weight is 499 g/mol. The third-order valence-electron chi connectivity index (χ3n) is 8.08.